The first-order valence-corrected chi connectivity index (χ1v) is 13.7. The van der Waals surface area contributed by atoms with E-state index < -0.39 is 10.0 Å². The molecule has 3 fully saturated rings. The van der Waals surface area contributed by atoms with E-state index in [9.17, 15) is 13.2 Å². The Morgan fingerprint density at radius 3 is 2.50 bits per heavy atom. The minimum Gasteiger partial charge on any atom is -0.377 e. The van der Waals surface area contributed by atoms with E-state index in [1.54, 1.807) is 6.07 Å². The van der Waals surface area contributed by atoms with Crippen molar-refractivity contribution in [2.45, 2.75) is 55.9 Å². The predicted octanol–water partition coefficient (Wildman–Crippen LogP) is 3.14. The summed E-state index contributed by atoms with van der Waals surface area (Å²) in [6, 6.07) is 4.50. The maximum Gasteiger partial charge on any atom is 0.253 e. The monoisotopic (exact) mass is 483 g/mol. The van der Waals surface area contributed by atoms with Crippen molar-refractivity contribution in [3.63, 3.8) is 0 Å². The Balaban J connectivity index is 1.35. The zero-order valence-corrected chi connectivity index (χ0v) is 20.2. The predicted molar refractivity (Wildman–Crippen MR) is 125 cm³/mol. The van der Waals surface area contributed by atoms with Crippen LogP contribution in [-0.2, 0) is 14.8 Å². The third kappa shape index (κ3) is 6.03. The van der Waals surface area contributed by atoms with Crippen molar-refractivity contribution in [3.8, 4) is 0 Å². The summed E-state index contributed by atoms with van der Waals surface area (Å²) in [5, 5.41) is 0.110. The molecule has 178 valence electrons. The number of sulfonamides is 1. The first kappa shape index (κ1) is 24.0. The van der Waals surface area contributed by atoms with E-state index in [0.29, 0.717) is 25.3 Å². The molecule has 1 aromatic carbocycles. The van der Waals surface area contributed by atoms with E-state index in [-0.39, 0.29) is 28.5 Å². The Labute approximate surface area is 196 Å². The highest BCUT2D eigenvalue weighted by molar-refractivity contribution is 7.89. The lowest BCUT2D eigenvalue weighted by Gasteiger charge is -2.37. The average molecular weight is 484 g/mol. The number of carbonyl (C=O) groups is 1. The van der Waals surface area contributed by atoms with E-state index in [1.807, 2.05) is 4.90 Å². The molecule has 1 N–H and O–H groups in total. The summed E-state index contributed by atoms with van der Waals surface area (Å²) in [5.41, 5.74) is 0.354. The summed E-state index contributed by atoms with van der Waals surface area (Å²) in [6.45, 7) is 5.04. The van der Waals surface area contributed by atoms with Gasteiger partial charge in [-0.15, -0.1) is 0 Å². The third-order valence-corrected chi connectivity index (χ3v) is 8.80. The highest BCUT2D eigenvalue weighted by Crippen LogP contribution is 2.26. The average Bonchev–Trinajstić information content (AvgIpc) is 3.33. The molecule has 0 spiro atoms. The molecule has 2 aliphatic heterocycles. The Morgan fingerprint density at radius 2 is 1.81 bits per heavy atom. The minimum absolute atomic E-state index is 0.0565. The zero-order chi connectivity index (χ0) is 22.6. The van der Waals surface area contributed by atoms with Gasteiger partial charge in [0, 0.05) is 51.4 Å². The SMILES string of the molecule is O=C(c1ccc(Cl)c(S(=O)(=O)NCC2CCCO2)c1)N1CCN(CC2CCCCC2)CC1. The van der Waals surface area contributed by atoms with Crippen LogP contribution in [0, 0.1) is 5.92 Å². The molecule has 1 aromatic rings. The number of piperazine rings is 1. The Hall–Kier alpha value is -1.19. The lowest BCUT2D eigenvalue weighted by molar-refractivity contribution is 0.0606. The lowest BCUT2D eigenvalue weighted by Crippen LogP contribution is -2.49. The van der Waals surface area contributed by atoms with Crippen molar-refractivity contribution in [2.75, 3.05) is 45.9 Å². The van der Waals surface area contributed by atoms with E-state index in [0.717, 1.165) is 38.4 Å². The molecule has 1 amide bonds. The van der Waals surface area contributed by atoms with Crippen LogP contribution in [-0.4, -0.2) is 76.1 Å². The smallest absolute Gasteiger partial charge is 0.253 e. The van der Waals surface area contributed by atoms with Gasteiger partial charge in [-0.1, -0.05) is 30.9 Å². The fourth-order valence-electron chi connectivity index (χ4n) is 4.98. The van der Waals surface area contributed by atoms with Crippen LogP contribution in [0.3, 0.4) is 0 Å². The molecule has 1 unspecified atom stereocenters. The maximum absolute atomic E-state index is 13.1. The second-order valence-electron chi connectivity index (χ2n) is 9.23. The summed E-state index contributed by atoms with van der Waals surface area (Å²) in [4.78, 5) is 17.3. The number of hydrogen-bond donors (Lipinski definition) is 1. The summed E-state index contributed by atoms with van der Waals surface area (Å²) >= 11 is 6.20. The number of nitrogens with zero attached hydrogens (tertiary/aromatic N) is 2. The van der Waals surface area contributed by atoms with E-state index in [2.05, 4.69) is 9.62 Å². The van der Waals surface area contributed by atoms with Gasteiger partial charge in [0.25, 0.3) is 5.91 Å². The van der Waals surface area contributed by atoms with Gasteiger partial charge in [-0.3, -0.25) is 9.69 Å². The number of amides is 1. The molecule has 9 heteroatoms. The molecule has 7 nitrogen and oxygen atoms in total. The topological polar surface area (TPSA) is 78.9 Å². The van der Waals surface area contributed by atoms with Gasteiger partial charge in [-0.05, 0) is 49.8 Å². The standard InChI is InChI=1S/C23H34ClN3O4S/c24-21-9-8-19(15-22(21)32(29,30)25-16-20-7-4-14-31-20)23(28)27-12-10-26(11-13-27)17-18-5-2-1-3-6-18/h8-9,15,18,20,25H,1-7,10-14,16-17H2. The maximum atomic E-state index is 13.1. The van der Waals surface area contributed by atoms with Crippen molar-refractivity contribution < 1.29 is 17.9 Å². The second-order valence-corrected chi connectivity index (χ2v) is 11.4. The van der Waals surface area contributed by atoms with Gasteiger partial charge in [0.05, 0.1) is 11.1 Å². The van der Waals surface area contributed by atoms with Crippen molar-refractivity contribution in [1.82, 2.24) is 14.5 Å². The number of carbonyl (C=O) groups excluding carboxylic acids is 1. The quantitative estimate of drug-likeness (QED) is 0.644. The van der Waals surface area contributed by atoms with Gasteiger partial charge in [0.2, 0.25) is 10.0 Å². The van der Waals surface area contributed by atoms with E-state index in [4.69, 9.17) is 16.3 Å². The molecule has 0 bridgehead atoms. The molecule has 1 atom stereocenters. The van der Waals surface area contributed by atoms with Crippen LogP contribution in [0.15, 0.2) is 23.1 Å². The molecule has 1 aliphatic carbocycles. The van der Waals surface area contributed by atoms with Crippen molar-refractivity contribution in [3.05, 3.63) is 28.8 Å². The van der Waals surface area contributed by atoms with Gasteiger partial charge in [0.1, 0.15) is 4.90 Å². The van der Waals surface area contributed by atoms with Crippen LogP contribution in [0.4, 0.5) is 0 Å². The number of rotatable bonds is 7. The van der Waals surface area contributed by atoms with E-state index in [1.165, 1.54) is 44.2 Å². The molecule has 32 heavy (non-hydrogen) atoms. The van der Waals surface area contributed by atoms with Crippen LogP contribution in [0.2, 0.25) is 5.02 Å². The first-order valence-electron chi connectivity index (χ1n) is 11.8. The van der Waals surface area contributed by atoms with Gasteiger partial charge in [0.15, 0.2) is 0 Å². The van der Waals surface area contributed by atoms with Crippen LogP contribution in [0.25, 0.3) is 0 Å². The number of hydrogen-bond acceptors (Lipinski definition) is 5. The molecule has 0 aromatic heterocycles. The fraction of sp³-hybridized carbons (Fsp3) is 0.696. The van der Waals surface area contributed by atoms with Crippen LogP contribution >= 0.6 is 11.6 Å². The molecule has 1 saturated carbocycles. The molecular formula is C23H34ClN3O4S. The Bertz CT molecular complexity index is 891. The molecule has 4 rings (SSSR count). The summed E-state index contributed by atoms with van der Waals surface area (Å²) < 4.78 is 33.7. The van der Waals surface area contributed by atoms with E-state index >= 15 is 0 Å². The third-order valence-electron chi connectivity index (χ3n) is 6.89. The molecule has 2 saturated heterocycles. The van der Waals surface area contributed by atoms with Crippen LogP contribution in [0.5, 0.6) is 0 Å². The second kappa shape index (κ2) is 10.8. The Morgan fingerprint density at radius 1 is 1.06 bits per heavy atom. The van der Waals surface area contributed by atoms with Gasteiger partial charge >= 0.3 is 0 Å². The summed E-state index contributed by atoms with van der Waals surface area (Å²) in [6.07, 6.45) is 8.34. The van der Waals surface area contributed by atoms with Gasteiger partial charge in [-0.25, -0.2) is 13.1 Å². The zero-order valence-electron chi connectivity index (χ0n) is 18.6. The molecule has 2 heterocycles. The lowest BCUT2D eigenvalue weighted by atomic mass is 9.89. The molecule has 0 radical (unpaired) electrons. The summed E-state index contributed by atoms with van der Waals surface area (Å²) in [5.74, 6) is 0.645. The normalized spacial score (nSPS) is 23.5. The van der Waals surface area contributed by atoms with Gasteiger partial charge in [-0.2, -0.15) is 0 Å². The minimum atomic E-state index is -3.83. The Kier molecular flexibility index (Phi) is 8.10. The first-order chi connectivity index (χ1) is 15.4. The highest BCUT2D eigenvalue weighted by Gasteiger charge is 2.27. The fourth-order valence-corrected chi connectivity index (χ4v) is 6.57. The molecular weight excluding hydrogens is 450 g/mol. The number of halogens is 1. The van der Waals surface area contributed by atoms with Crippen molar-refractivity contribution >= 4 is 27.5 Å². The largest absolute Gasteiger partial charge is 0.377 e. The van der Waals surface area contributed by atoms with Gasteiger partial charge < -0.3 is 9.64 Å². The van der Waals surface area contributed by atoms with Crippen molar-refractivity contribution in [2.24, 2.45) is 5.92 Å². The number of benzene rings is 1. The summed E-state index contributed by atoms with van der Waals surface area (Å²) in [7, 11) is -3.83. The molecule has 3 aliphatic rings. The van der Waals surface area contributed by atoms with Crippen LogP contribution < -0.4 is 4.72 Å². The highest BCUT2D eigenvalue weighted by atomic mass is 35.5. The van der Waals surface area contributed by atoms with Crippen LogP contribution in [0.1, 0.15) is 55.3 Å². The van der Waals surface area contributed by atoms with Crippen molar-refractivity contribution in [1.29, 1.82) is 0 Å². The number of ether oxygens (including phenoxy) is 1. The number of nitrogens with one attached hydrogen (secondary N) is 1.